The van der Waals surface area contributed by atoms with Gasteiger partial charge in [-0.2, -0.15) is 0 Å². The fourth-order valence-corrected chi connectivity index (χ4v) is 2.70. The van der Waals surface area contributed by atoms with Crippen LogP contribution in [-0.2, 0) is 0 Å². The molecule has 3 aromatic rings. The van der Waals surface area contributed by atoms with Crippen molar-refractivity contribution in [2.45, 2.75) is 13.8 Å². The maximum absolute atomic E-state index is 12.3. The number of rotatable bonds is 5. The summed E-state index contributed by atoms with van der Waals surface area (Å²) in [5.74, 6) is 0.694. The first kappa shape index (κ1) is 17.2. The maximum Gasteiger partial charge on any atom is 0.185 e. The summed E-state index contributed by atoms with van der Waals surface area (Å²) in [4.78, 5) is 16.7. The summed E-state index contributed by atoms with van der Waals surface area (Å²) in [7, 11) is 0. The Hall–Kier alpha value is -2.65. The number of ether oxygens (including phenoxy) is 1. The van der Waals surface area contributed by atoms with Crippen molar-refractivity contribution in [1.82, 2.24) is 4.98 Å². The van der Waals surface area contributed by atoms with E-state index in [2.05, 4.69) is 4.98 Å². The van der Waals surface area contributed by atoms with E-state index < -0.39 is 0 Å². The molecule has 4 heteroatoms. The van der Waals surface area contributed by atoms with Crippen LogP contribution in [0.3, 0.4) is 0 Å². The standard InChI is InChI=1S/C21H18ClNO2/c1-3-25-18-10-8-16-12-17(21(22)23-19(16)13-18)9-11-20(24)15-6-4-14(2)5-7-15/h4-13H,3H2,1-2H3. The number of fused-ring (bicyclic) bond motifs is 1. The molecule has 0 atom stereocenters. The average molecular weight is 352 g/mol. The molecule has 0 N–H and O–H groups in total. The molecular formula is C21H18ClNO2. The normalized spacial score (nSPS) is 11.2. The number of allylic oxidation sites excluding steroid dienone is 1. The second-order valence-corrected chi connectivity index (χ2v) is 6.08. The smallest absolute Gasteiger partial charge is 0.185 e. The van der Waals surface area contributed by atoms with E-state index >= 15 is 0 Å². The van der Waals surface area contributed by atoms with Crippen LogP contribution in [0.5, 0.6) is 5.75 Å². The average Bonchev–Trinajstić information content (AvgIpc) is 2.60. The van der Waals surface area contributed by atoms with Gasteiger partial charge in [-0.1, -0.05) is 41.4 Å². The third-order valence-electron chi connectivity index (χ3n) is 3.83. The van der Waals surface area contributed by atoms with Gasteiger partial charge in [-0.15, -0.1) is 0 Å². The third kappa shape index (κ3) is 4.06. The summed E-state index contributed by atoms with van der Waals surface area (Å²) >= 11 is 6.27. The van der Waals surface area contributed by atoms with Crippen molar-refractivity contribution in [3.63, 3.8) is 0 Å². The number of aromatic nitrogens is 1. The summed E-state index contributed by atoms with van der Waals surface area (Å²) < 4.78 is 5.48. The third-order valence-corrected chi connectivity index (χ3v) is 4.13. The molecule has 0 aliphatic heterocycles. The summed E-state index contributed by atoms with van der Waals surface area (Å²) in [6.45, 7) is 4.52. The highest BCUT2D eigenvalue weighted by molar-refractivity contribution is 6.31. The summed E-state index contributed by atoms with van der Waals surface area (Å²) in [5, 5.41) is 1.30. The largest absolute Gasteiger partial charge is 0.494 e. The van der Waals surface area contributed by atoms with Crippen LogP contribution in [0.4, 0.5) is 0 Å². The molecule has 0 aliphatic rings. The minimum atomic E-state index is -0.0668. The SMILES string of the molecule is CCOc1ccc2cc(C=CC(=O)c3ccc(C)cc3)c(Cl)nc2c1. The number of pyridine rings is 1. The number of hydrogen-bond donors (Lipinski definition) is 0. The number of carbonyl (C=O) groups is 1. The van der Waals surface area contributed by atoms with Gasteiger partial charge in [0.25, 0.3) is 0 Å². The fourth-order valence-electron chi connectivity index (χ4n) is 2.49. The van der Waals surface area contributed by atoms with Gasteiger partial charge in [0, 0.05) is 22.6 Å². The van der Waals surface area contributed by atoms with Gasteiger partial charge < -0.3 is 4.74 Å². The number of nitrogens with zero attached hydrogens (tertiary/aromatic N) is 1. The molecule has 0 radical (unpaired) electrons. The molecule has 3 nitrogen and oxygen atoms in total. The van der Waals surface area contributed by atoms with Crippen LogP contribution < -0.4 is 4.74 Å². The van der Waals surface area contributed by atoms with Crippen LogP contribution in [0, 0.1) is 6.92 Å². The van der Waals surface area contributed by atoms with Gasteiger partial charge in [-0.25, -0.2) is 4.98 Å². The summed E-state index contributed by atoms with van der Waals surface area (Å²) in [6, 6.07) is 15.1. The molecule has 1 heterocycles. The number of ketones is 1. The van der Waals surface area contributed by atoms with Crippen molar-refractivity contribution in [3.05, 3.63) is 76.5 Å². The molecule has 3 rings (SSSR count). The van der Waals surface area contributed by atoms with Crippen molar-refractivity contribution < 1.29 is 9.53 Å². The molecule has 0 unspecified atom stereocenters. The van der Waals surface area contributed by atoms with Crippen molar-refractivity contribution in [2.75, 3.05) is 6.61 Å². The van der Waals surface area contributed by atoms with Crippen LogP contribution in [0.2, 0.25) is 5.15 Å². The van der Waals surface area contributed by atoms with Crippen molar-refractivity contribution >= 4 is 34.4 Å². The van der Waals surface area contributed by atoms with Crippen LogP contribution in [0.1, 0.15) is 28.4 Å². The van der Waals surface area contributed by atoms with Gasteiger partial charge in [-0.05, 0) is 44.2 Å². The monoisotopic (exact) mass is 351 g/mol. The number of hydrogen-bond acceptors (Lipinski definition) is 3. The molecule has 0 aliphatic carbocycles. The molecular weight excluding hydrogens is 334 g/mol. The minimum absolute atomic E-state index is 0.0668. The quantitative estimate of drug-likeness (QED) is 0.346. The Morgan fingerprint density at radius 2 is 1.92 bits per heavy atom. The van der Waals surface area contributed by atoms with E-state index in [-0.39, 0.29) is 5.78 Å². The van der Waals surface area contributed by atoms with E-state index in [1.54, 1.807) is 6.08 Å². The Kier molecular flexibility index (Phi) is 5.15. The van der Waals surface area contributed by atoms with Gasteiger partial charge in [0.2, 0.25) is 0 Å². The van der Waals surface area contributed by atoms with Crippen LogP contribution in [0.25, 0.3) is 17.0 Å². The van der Waals surface area contributed by atoms with E-state index in [0.717, 1.165) is 22.2 Å². The fraction of sp³-hybridized carbons (Fsp3) is 0.143. The van der Waals surface area contributed by atoms with E-state index in [1.807, 2.05) is 62.4 Å². The van der Waals surface area contributed by atoms with E-state index in [0.29, 0.717) is 22.9 Å². The van der Waals surface area contributed by atoms with E-state index in [1.165, 1.54) is 6.08 Å². The molecule has 0 saturated heterocycles. The molecule has 1 aromatic heterocycles. The molecule has 0 amide bonds. The van der Waals surface area contributed by atoms with Crippen LogP contribution >= 0.6 is 11.6 Å². The van der Waals surface area contributed by atoms with Crippen molar-refractivity contribution in [1.29, 1.82) is 0 Å². The predicted octanol–water partition coefficient (Wildman–Crippen LogP) is 5.49. The molecule has 0 saturated carbocycles. The Morgan fingerprint density at radius 3 is 2.64 bits per heavy atom. The maximum atomic E-state index is 12.3. The number of carbonyl (C=O) groups excluding carboxylic acids is 1. The van der Waals surface area contributed by atoms with E-state index in [9.17, 15) is 4.79 Å². The van der Waals surface area contributed by atoms with Gasteiger partial charge in [0.15, 0.2) is 5.78 Å². The Bertz CT molecular complexity index is 946. The molecule has 25 heavy (non-hydrogen) atoms. The second kappa shape index (κ2) is 7.49. The topological polar surface area (TPSA) is 39.2 Å². The number of halogens is 1. The van der Waals surface area contributed by atoms with Crippen molar-refractivity contribution in [3.8, 4) is 5.75 Å². The highest BCUT2D eigenvalue weighted by Crippen LogP contribution is 2.25. The Morgan fingerprint density at radius 1 is 1.16 bits per heavy atom. The lowest BCUT2D eigenvalue weighted by Crippen LogP contribution is -1.94. The number of benzene rings is 2. The lowest BCUT2D eigenvalue weighted by atomic mass is 10.1. The summed E-state index contributed by atoms with van der Waals surface area (Å²) in [6.07, 6.45) is 3.22. The zero-order chi connectivity index (χ0) is 17.8. The molecule has 126 valence electrons. The second-order valence-electron chi connectivity index (χ2n) is 5.72. The lowest BCUT2D eigenvalue weighted by Gasteiger charge is -2.06. The zero-order valence-corrected chi connectivity index (χ0v) is 14.9. The first-order valence-corrected chi connectivity index (χ1v) is 8.47. The summed E-state index contributed by atoms with van der Waals surface area (Å²) in [5.41, 5.74) is 3.23. The Labute approximate surface area is 151 Å². The van der Waals surface area contributed by atoms with Gasteiger partial charge in [0.1, 0.15) is 10.9 Å². The Balaban J connectivity index is 1.87. The molecule has 2 aromatic carbocycles. The molecule has 0 bridgehead atoms. The highest BCUT2D eigenvalue weighted by atomic mass is 35.5. The van der Waals surface area contributed by atoms with Crippen LogP contribution in [-0.4, -0.2) is 17.4 Å². The van der Waals surface area contributed by atoms with Gasteiger partial charge in [0.05, 0.1) is 12.1 Å². The highest BCUT2D eigenvalue weighted by Gasteiger charge is 2.06. The van der Waals surface area contributed by atoms with Crippen molar-refractivity contribution in [2.24, 2.45) is 0 Å². The van der Waals surface area contributed by atoms with Crippen LogP contribution in [0.15, 0.2) is 54.6 Å². The minimum Gasteiger partial charge on any atom is -0.494 e. The molecule has 0 spiro atoms. The lowest BCUT2D eigenvalue weighted by molar-refractivity contribution is 0.104. The molecule has 0 fully saturated rings. The number of aryl methyl sites for hydroxylation is 1. The first-order chi connectivity index (χ1) is 12.1. The first-order valence-electron chi connectivity index (χ1n) is 8.09. The van der Waals surface area contributed by atoms with Gasteiger partial charge in [-0.3, -0.25) is 4.79 Å². The van der Waals surface area contributed by atoms with Gasteiger partial charge >= 0.3 is 0 Å². The predicted molar refractivity (Wildman–Crippen MR) is 102 cm³/mol. The zero-order valence-electron chi connectivity index (χ0n) is 14.1. The van der Waals surface area contributed by atoms with E-state index in [4.69, 9.17) is 16.3 Å².